The lowest BCUT2D eigenvalue weighted by Crippen LogP contribution is -2.29. The fourth-order valence-corrected chi connectivity index (χ4v) is 2.70. The van der Waals surface area contributed by atoms with Crippen LogP contribution in [0.15, 0.2) is 53.0 Å². The van der Waals surface area contributed by atoms with Gasteiger partial charge in [0.05, 0.1) is 11.6 Å². The van der Waals surface area contributed by atoms with Gasteiger partial charge >= 0.3 is 0 Å². The monoisotopic (exact) mass is 385 g/mol. The minimum Gasteiger partial charge on any atom is -0.341 e. The van der Waals surface area contributed by atoms with Crippen LogP contribution < -0.4 is 5.32 Å². The van der Waals surface area contributed by atoms with Crippen molar-refractivity contribution in [1.82, 2.24) is 10.2 Å². The van der Waals surface area contributed by atoms with Gasteiger partial charge in [-0.3, -0.25) is 4.79 Å². The molecule has 0 aromatic heterocycles. The molecule has 0 spiro atoms. The highest BCUT2D eigenvalue weighted by atomic mass is 79.9. The summed E-state index contributed by atoms with van der Waals surface area (Å²) < 4.78 is 1.02. The Morgan fingerprint density at radius 3 is 2.58 bits per heavy atom. The predicted molar refractivity (Wildman–Crippen MR) is 98.1 cm³/mol. The Bertz CT molecular complexity index is 722. The SMILES string of the molecule is CN(Cc1ccccc1Br)C(=O)CCNCc1ccc(C#N)cc1. The molecule has 0 heterocycles. The minimum absolute atomic E-state index is 0.109. The zero-order valence-electron chi connectivity index (χ0n) is 13.6. The number of benzene rings is 2. The third kappa shape index (κ3) is 5.48. The Morgan fingerprint density at radius 1 is 1.21 bits per heavy atom. The van der Waals surface area contributed by atoms with Crippen LogP contribution in [0.25, 0.3) is 0 Å². The van der Waals surface area contributed by atoms with E-state index in [-0.39, 0.29) is 5.91 Å². The Labute approximate surface area is 151 Å². The van der Waals surface area contributed by atoms with Gasteiger partial charge in [0.15, 0.2) is 0 Å². The van der Waals surface area contributed by atoms with Crippen LogP contribution in [0.5, 0.6) is 0 Å². The van der Waals surface area contributed by atoms with Crippen molar-refractivity contribution in [3.8, 4) is 6.07 Å². The Morgan fingerprint density at radius 2 is 1.92 bits per heavy atom. The minimum atomic E-state index is 0.109. The molecule has 1 amide bonds. The van der Waals surface area contributed by atoms with Crippen LogP contribution in [0.4, 0.5) is 0 Å². The third-order valence-corrected chi connectivity index (χ3v) is 4.49. The Hall–Kier alpha value is -2.16. The lowest BCUT2D eigenvalue weighted by Gasteiger charge is -2.18. The zero-order chi connectivity index (χ0) is 17.4. The molecule has 0 radical (unpaired) electrons. The van der Waals surface area contributed by atoms with Gasteiger partial charge in [-0.2, -0.15) is 5.26 Å². The summed E-state index contributed by atoms with van der Waals surface area (Å²) in [6.07, 6.45) is 0.456. The van der Waals surface area contributed by atoms with Crippen molar-refractivity contribution in [2.75, 3.05) is 13.6 Å². The number of hydrogen-bond acceptors (Lipinski definition) is 3. The molecule has 0 saturated carbocycles. The number of carbonyl (C=O) groups is 1. The van der Waals surface area contributed by atoms with E-state index in [9.17, 15) is 4.79 Å². The van der Waals surface area contributed by atoms with Crippen LogP contribution in [0.3, 0.4) is 0 Å². The van der Waals surface area contributed by atoms with Gasteiger partial charge in [-0.15, -0.1) is 0 Å². The first kappa shape index (κ1) is 18.2. The number of carbonyl (C=O) groups excluding carboxylic acids is 1. The molecule has 0 aliphatic heterocycles. The van der Waals surface area contributed by atoms with E-state index in [2.05, 4.69) is 27.3 Å². The number of hydrogen-bond donors (Lipinski definition) is 1. The predicted octanol–water partition coefficient (Wildman–Crippen LogP) is 3.46. The average molecular weight is 386 g/mol. The quantitative estimate of drug-likeness (QED) is 0.742. The van der Waals surface area contributed by atoms with E-state index in [0.29, 0.717) is 31.6 Å². The molecular weight excluding hydrogens is 366 g/mol. The van der Waals surface area contributed by atoms with Crippen molar-refractivity contribution >= 4 is 21.8 Å². The van der Waals surface area contributed by atoms with Crippen molar-refractivity contribution in [1.29, 1.82) is 5.26 Å². The largest absolute Gasteiger partial charge is 0.341 e. The van der Waals surface area contributed by atoms with E-state index in [1.54, 1.807) is 17.0 Å². The molecular formula is C19H20BrN3O. The van der Waals surface area contributed by atoms with Crippen molar-refractivity contribution in [2.24, 2.45) is 0 Å². The molecule has 24 heavy (non-hydrogen) atoms. The van der Waals surface area contributed by atoms with Crippen LogP contribution in [-0.4, -0.2) is 24.4 Å². The standard InChI is InChI=1S/C19H20BrN3O/c1-23(14-17-4-2-3-5-18(17)20)19(24)10-11-22-13-16-8-6-15(12-21)7-9-16/h2-9,22H,10-11,13-14H2,1H3. The maximum absolute atomic E-state index is 12.2. The lowest BCUT2D eigenvalue weighted by molar-refractivity contribution is -0.130. The molecule has 0 atom stereocenters. The number of nitriles is 1. The molecule has 0 bridgehead atoms. The first-order valence-electron chi connectivity index (χ1n) is 7.77. The van der Waals surface area contributed by atoms with E-state index in [4.69, 9.17) is 5.26 Å². The fraction of sp³-hybridized carbons (Fsp3) is 0.263. The summed E-state index contributed by atoms with van der Waals surface area (Å²) in [6.45, 7) is 1.90. The topological polar surface area (TPSA) is 56.1 Å². The average Bonchev–Trinajstić information content (AvgIpc) is 2.61. The van der Waals surface area contributed by atoms with Gasteiger partial charge in [0.25, 0.3) is 0 Å². The smallest absolute Gasteiger partial charge is 0.223 e. The van der Waals surface area contributed by atoms with Gasteiger partial charge in [0.2, 0.25) is 5.91 Å². The molecule has 0 aliphatic rings. The molecule has 1 N–H and O–H groups in total. The summed E-state index contributed by atoms with van der Waals surface area (Å²) in [6, 6.07) is 17.5. The molecule has 0 fully saturated rings. The number of amides is 1. The van der Waals surface area contributed by atoms with E-state index < -0.39 is 0 Å². The van der Waals surface area contributed by atoms with Gasteiger partial charge in [-0.25, -0.2) is 0 Å². The van der Waals surface area contributed by atoms with Gasteiger partial charge in [0.1, 0.15) is 0 Å². The summed E-state index contributed by atoms with van der Waals surface area (Å²) in [5, 5.41) is 12.0. The van der Waals surface area contributed by atoms with Crippen LogP contribution in [-0.2, 0) is 17.9 Å². The maximum Gasteiger partial charge on any atom is 0.223 e. The van der Waals surface area contributed by atoms with E-state index >= 15 is 0 Å². The number of nitrogens with one attached hydrogen (secondary N) is 1. The highest BCUT2D eigenvalue weighted by molar-refractivity contribution is 9.10. The fourth-order valence-electron chi connectivity index (χ4n) is 2.29. The summed E-state index contributed by atoms with van der Waals surface area (Å²) >= 11 is 3.50. The summed E-state index contributed by atoms with van der Waals surface area (Å²) in [4.78, 5) is 13.9. The second-order valence-corrected chi connectivity index (χ2v) is 6.43. The molecule has 4 nitrogen and oxygen atoms in total. The number of rotatable bonds is 7. The van der Waals surface area contributed by atoms with Crippen molar-refractivity contribution in [3.05, 3.63) is 69.7 Å². The van der Waals surface area contributed by atoms with Crippen molar-refractivity contribution in [2.45, 2.75) is 19.5 Å². The van der Waals surface area contributed by atoms with Crippen LogP contribution >= 0.6 is 15.9 Å². The number of nitrogens with zero attached hydrogens (tertiary/aromatic N) is 2. The van der Waals surface area contributed by atoms with E-state index in [0.717, 1.165) is 15.6 Å². The first-order valence-corrected chi connectivity index (χ1v) is 8.56. The van der Waals surface area contributed by atoms with E-state index in [1.807, 2.05) is 43.4 Å². The lowest BCUT2D eigenvalue weighted by atomic mass is 10.1. The molecule has 0 unspecified atom stereocenters. The molecule has 5 heteroatoms. The summed E-state index contributed by atoms with van der Waals surface area (Å²) in [5.41, 5.74) is 2.85. The third-order valence-electron chi connectivity index (χ3n) is 3.72. The molecule has 0 aliphatic carbocycles. The highest BCUT2D eigenvalue weighted by Gasteiger charge is 2.10. The van der Waals surface area contributed by atoms with Gasteiger partial charge < -0.3 is 10.2 Å². The van der Waals surface area contributed by atoms with Crippen molar-refractivity contribution in [3.63, 3.8) is 0 Å². The Balaban J connectivity index is 1.72. The summed E-state index contributed by atoms with van der Waals surface area (Å²) in [7, 11) is 1.82. The van der Waals surface area contributed by atoms with Crippen LogP contribution in [0.2, 0.25) is 0 Å². The molecule has 2 aromatic carbocycles. The number of halogens is 1. The highest BCUT2D eigenvalue weighted by Crippen LogP contribution is 2.17. The molecule has 2 rings (SSSR count). The van der Waals surface area contributed by atoms with Gasteiger partial charge in [0, 0.05) is 37.6 Å². The van der Waals surface area contributed by atoms with Crippen LogP contribution in [0.1, 0.15) is 23.1 Å². The molecule has 0 saturated heterocycles. The summed E-state index contributed by atoms with van der Waals surface area (Å²) in [5.74, 6) is 0.109. The van der Waals surface area contributed by atoms with Gasteiger partial charge in [-0.1, -0.05) is 46.3 Å². The normalized spacial score (nSPS) is 10.2. The zero-order valence-corrected chi connectivity index (χ0v) is 15.2. The van der Waals surface area contributed by atoms with Crippen LogP contribution in [0, 0.1) is 11.3 Å². The molecule has 124 valence electrons. The first-order chi connectivity index (χ1) is 11.6. The Kier molecular flexibility index (Phi) is 6.98. The van der Waals surface area contributed by atoms with Crippen molar-refractivity contribution < 1.29 is 4.79 Å². The second-order valence-electron chi connectivity index (χ2n) is 5.58. The van der Waals surface area contributed by atoms with E-state index in [1.165, 1.54) is 0 Å². The second kappa shape index (κ2) is 9.21. The molecule has 2 aromatic rings. The maximum atomic E-state index is 12.2. The van der Waals surface area contributed by atoms with Gasteiger partial charge in [-0.05, 0) is 29.3 Å².